The van der Waals surface area contributed by atoms with Gasteiger partial charge in [0, 0.05) is 6.92 Å². The van der Waals surface area contributed by atoms with Crippen molar-refractivity contribution in [1.29, 1.82) is 0 Å². The average molecular weight is 202 g/mol. The van der Waals surface area contributed by atoms with E-state index in [0.29, 0.717) is 6.61 Å². The summed E-state index contributed by atoms with van der Waals surface area (Å²) in [5.41, 5.74) is 0.915. The highest BCUT2D eigenvalue weighted by Crippen LogP contribution is 2.14. The number of rotatable bonds is 2. The van der Waals surface area contributed by atoms with Crippen LogP contribution < -0.4 is 10.00 Å². The van der Waals surface area contributed by atoms with Gasteiger partial charge in [0.15, 0.2) is 12.0 Å². The average Bonchev–Trinajstić information content (AvgIpc) is 2.37. The van der Waals surface area contributed by atoms with Gasteiger partial charge in [-0.15, -0.1) is 0 Å². The van der Waals surface area contributed by atoms with Gasteiger partial charge in [0.05, 0.1) is 22.6 Å². The second kappa shape index (κ2) is 4.18. The summed E-state index contributed by atoms with van der Waals surface area (Å²) in [6, 6.07) is 0. The molecule has 5 nitrogen and oxygen atoms in total. The number of aryl methyl sites for hydroxylation is 1. The minimum atomic E-state index is -0.435. The molecule has 0 atom stereocenters. The molecule has 0 unspecified atom stereocenters. The lowest BCUT2D eigenvalue weighted by Gasteiger charge is -1.99. The normalized spacial score (nSPS) is 9.77. The molecule has 1 aromatic rings. The Kier molecular flexibility index (Phi) is 3.18. The van der Waals surface area contributed by atoms with Crippen LogP contribution in [-0.4, -0.2) is 17.2 Å². The van der Waals surface area contributed by atoms with Gasteiger partial charge in [-0.2, -0.15) is 0 Å². The van der Waals surface area contributed by atoms with E-state index in [0.717, 1.165) is 10.7 Å². The smallest absolute Gasteiger partial charge is 0.412 e. The zero-order chi connectivity index (χ0) is 9.84. The number of aromatic nitrogens is 2. The van der Waals surface area contributed by atoms with E-state index in [2.05, 4.69) is 9.81 Å². The van der Waals surface area contributed by atoms with Crippen molar-refractivity contribution in [2.45, 2.75) is 13.8 Å². The lowest BCUT2D eigenvalue weighted by atomic mass is 10.5. The molecule has 6 heteroatoms. The highest BCUT2D eigenvalue weighted by molar-refractivity contribution is 7.10. The van der Waals surface area contributed by atoms with E-state index >= 15 is 0 Å². The van der Waals surface area contributed by atoms with Crippen LogP contribution in [0.4, 0.5) is 9.80 Å². The minimum absolute atomic E-state index is 0.371. The first kappa shape index (κ1) is 9.91. The summed E-state index contributed by atoms with van der Waals surface area (Å²) in [6.07, 6.45) is -0.435. The van der Waals surface area contributed by atoms with Crippen LogP contribution >= 0.6 is 11.5 Å². The fourth-order valence-corrected chi connectivity index (χ4v) is 1.47. The molecule has 0 fully saturated rings. The van der Waals surface area contributed by atoms with Crippen LogP contribution in [0.25, 0.3) is 0 Å². The highest BCUT2D eigenvalue weighted by Gasteiger charge is 2.16. The molecule has 0 radical (unpaired) electrons. The van der Waals surface area contributed by atoms with E-state index < -0.39 is 6.09 Å². The number of anilines is 1. The third kappa shape index (κ3) is 2.38. The summed E-state index contributed by atoms with van der Waals surface area (Å²) in [6.45, 7) is 4.01. The van der Waals surface area contributed by atoms with Crippen LogP contribution in [0, 0.1) is 6.92 Å². The summed E-state index contributed by atoms with van der Waals surface area (Å²) in [4.78, 5) is 11.0. The maximum Gasteiger partial charge on any atom is 0.412 e. The Morgan fingerprint density at radius 2 is 2.46 bits per heavy atom. The number of ether oxygens (including phenoxy) is 1. The fraction of sp³-hybridized carbons (Fsp3) is 0.571. The summed E-state index contributed by atoms with van der Waals surface area (Å²) in [5.74, 6) is 0. The minimum Gasteiger partial charge on any atom is -0.450 e. The van der Waals surface area contributed by atoms with Crippen molar-refractivity contribution in [3.05, 3.63) is 5.69 Å². The Balaban J connectivity index is 2.64. The summed E-state index contributed by atoms with van der Waals surface area (Å²) >= 11 is 1.23. The Morgan fingerprint density at radius 3 is 2.92 bits per heavy atom. The number of hydrogen-bond acceptors (Lipinski definition) is 4. The van der Waals surface area contributed by atoms with Gasteiger partial charge in [0.2, 0.25) is 5.69 Å². The molecule has 0 aliphatic rings. The number of carbonyl (C=O) groups is 1. The van der Waals surface area contributed by atoms with Gasteiger partial charge in [0.1, 0.15) is 0 Å². The zero-order valence-electron chi connectivity index (χ0n) is 7.83. The van der Waals surface area contributed by atoms with Crippen LogP contribution in [0.1, 0.15) is 12.6 Å². The molecular formula is C7H12N3O2S+. The van der Waals surface area contributed by atoms with Gasteiger partial charge >= 0.3 is 6.09 Å². The number of nitrogens with one attached hydrogen (secondary N) is 1. The summed E-state index contributed by atoms with van der Waals surface area (Å²) < 4.78 is 10.4. The number of amides is 1. The molecule has 0 saturated carbocycles. The van der Waals surface area contributed by atoms with E-state index in [1.165, 1.54) is 11.5 Å². The molecule has 0 spiro atoms. The number of nitrogens with zero attached hydrogens (tertiary/aromatic N) is 2. The van der Waals surface area contributed by atoms with E-state index in [4.69, 9.17) is 4.74 Å². The van der Waals surface area contributed by atoms with Crippen molar-refractivity contribution in [1.82, 2.24) is 4.49 Å². The Hall–Kier alpha value is -1.17. The summed E-state index contributed by atoms with van der Waals surface area (Å²) in [7, 11) is 1.82. The van der Waals surface area contributed by atoms with E-state index in [1.54, 1.807) is 11.6 Å². The SMILES string of the molecule is CCOC(=O)Nc1sn[n+](C)c1C. The first-order valence-electron chi connectivity index (χ1n) is 3.91. The quantitative estimate of drug-likeness (QED) is 0.723. The zero-order valence-corrected chi connectivity index (χ0v) is 8.64. The van der Waals surface area contributed by atoms with Crippen LogP contribution in [0.5, 0.6) is 0 Å². The van der Waals surface area contributed by atoms with Crippen molar-refractivity contribution < 1.29 is 14.2 Å². The molecule has 0 aromatic carbocycles. The molecule has 1 rings (SSSR count). The van der Waals surface area contributed by atoms with Crippen molar-refractivity contribution in [3.8, 4) is 0 Å². The van der Waals surface area contributed by atoms with Gasteiger partial charge in [0.25, 0.3) is 0 Å². The lowest BCUT2D eigenvalue weighted by molar-refractivity contribution is -0.728. The molecule has 0 aliphatic heterocycles. The first-order valence-corrected chi connectivity index (χ1v) is 4.68. The van der Waals surface area contributed by atoms with Gasteiger partial charge in [-0.3, -0.25) is 5.32 Å². The maximum absolute atomic E-state index is 11.0. The Labute approximate surface area is 80.5 Å². The molecule has 0 aliphatic carbocycles. The van der Waals surface area contributed by atoms with Gasteiger partial charge < -0.3 is 4.74 Å². The van der Waals surface area contributed by atoms with Gasteiger partial charge in [-0.1, -0.05) is 4.68 Å². The van der Waals surface area contributed by atoms with E-state index in [1.807, 2.05) is 14.0 Å². The maximum atomic E-state index is 11.0. The van der Waals surface area contributed by atoms with Gasteiger partial charge in [-0.05, 0) is 6.92 Å². The molecular weight excluding hydrogens is 190 g/mol. The van der Waals surface area contributed by atoms with Crippen LogP contribution in [0.2, 0.25) is 0 Å². The van der Waals surface area contributed by atoms with E-state index in [9.17, 15) is 4.79 Å². The molecule has 1 heterocycles. The molecule has 1 amide bonds. The number of hydrogen-bond donors (Lipinski definition) is 1. The third-order valence-corrected chi connectivity index (χ3v) is 2.47. The molecule has 0 bridgehead atoms. The highest BCUT2D eigenvalue weighted by atomic mass is 32.1. The van der Waals surface area contributed by atoms with Crippen LogP contribution in [0.3, 0.4) is 0 Å². The largest absolute Gasteiger partial charge is 0.450 e. The molecule has 13 heavy (non-hydrogen) atoms. The lowest BCUT2D eigenvalue weighted by Crippen LogP contribution is -2.32. The Bertz CT molecular complexity index is 311. The Morgan fingerprint density at radius 1 is 1.77 bits per heavy atom. The summed E-state index contributed by atoms with van der Waals surface area (Å²) in [5, 5.41) is 3.33. The van der Waals surface area contributed by atoms with Crippen molar-refractivity contribution in [3.63, 3.8) is 0 Å². The molecule has 72 valence electrons. The second-order valence-electron chi connectivity index (χ2n) is 2.46. The topological polar surface area (TPSA) is 55.1 Å². The predicted molar refractivity (Wildman–Crippen MR) is 48.7 cm³/mol. The molecule has 1 aromatic heterocycles. The number of carbonyl (C=O) groups excluding carboxylic acids is 1. The van der Waals surface area contributed by atoms with Crippen LogP contribution in [-0.2, 0) is 11.8 Å². The third-order valence-electron chi connectivity index (χ3n) is 1.56. The first-order chi connectivity index (χ1) is 6.15. The monoisotopic (exact) mass is 202 g/mol. The van der Waals surface area contributed by atoms with Crippen LogP contribution in [0.15, 0.2) is 0 Å². The standard InChI is InChI=1S/C7H11N3O2S/c1-4-12-7(11)8-6-5(2)10(3)9-13-6/h4H2,1-3H3/p+1. The van der Waals surface area contributed by atoms with Crippen molar-refractivity contribution >= 4 is 22.6 Å². The molecule has 0 saturated heterocycles. The van der Waals surface area contributed by atoms with E-state index in [-0.39, 0.29) is 0 Å². The van der Waals surface area contributed by atoms with Gasteiger partial charge in [-0.25, -0.2) is 4.79 Å². The second-order valence-corrected chi connectivity index (χ2v) is 3.21. The van der Waals surface area contributed by atoms with Crippen molar-refractivity contribution in [2.75, 3.05) is 11.9 Å². The predicted octanol–water partition coefficient (Wildman–Crippen LogP) is 0.844. The van der Waals surface area contributed by atoms with Crippen molar-refractivity contribution in [2.24, 2.45) is 7.05 Å². The fourth-order valence-electron chi connectivity index (χ4n) is 0.749. The molecule has 1 N–H and O–H groups in total.